The summed E-state index contributed by atoms with van der Waals surface area (Å²) in [5.41, 5.74) is 0.705. The molecule has 27 heavy (non-hydrogen) atoms. The smallest absolute Gasteiger partial charge is 0.321 e. The summed E-state index contributed by atoms with van der Waals surface area (Å²) in [6.45, 7) is 4.07. The summed E-state index contributed by atoms with van der Waals surface area (Å²) in [6, 6.07) is 6.20. The molecule has 1 saturated heterocycles. The zero-order valence-electron chi connectivity index (χ0n) is 14.9. The lowest BCUT2D eigenvalue weighted by atomic mass is 9.91. The number of benzene rings is 1. The second-order valence-electron chi connectivity index (χ2n) is 6.30. The molecule has 2 atom stereocenters. The van der Waals surface area contributed by atoms with Crippen LogP contribution in [-0.2, 0) is 19.1 Å². The Kier molecular flexibility index (Phi) is 5.95. The average molecular weight is 393 g/mol. The van der Waals surface area contributed by atoms with Crippen LogP contribution in [0.25, 0.3) is 0 Å². The largest absolute Gasteiger partial charge is 0.465 e. The Morgan fingerprint density at radius 3 is 2.56 bits per heavy atom. The Bertz CT molecular complexity index is 744. The molecule has 0 bridgehead atoms. The van der Waals surface area contributed by atoms with Crippen molar-refractivity contribution in [3.8, 4) is 0 Å². The number of hydrogen-bond acceptors (Lipinski definition) is 6. The van der Waals surface area contributed by atoms with Gasteiger partial charge < -0.3 is 14.5 Å². The zero-order chi connectivity index (χ0) is 19.4. The van der Waals surface area contributed by atoms with E-state index in [0.717, 1.165) is 6.41 Å². The summed E-state index contributed by atoms with van der Waals surface area (Å²) in [6.07, 6.45) is 0.811. The number of nitrogens with zero attached hydrogens (tertiary/aromatic N) is 3. The standard InChI is InChI=1S/C18H21ClN4O4/c1-2-27-17(26)14-15(12-3-5-13(19)6-4-12)20-18(21-16(14)25)23-9-7-22(11-24)8-10-23/h3-6,11,14-15H,2,7-10H2,1H3,(H,20,21,25)/t14-,15-/m0/s1. The minimum atomic E-state index is -1.06. The van der Waals surface area contributed by atoms with Crippen LogP contribution in [-0.4, -0.2) is 66.8 Å². The molecule has 0 aromatic heterocycles. The van der Waals surface area contributed by atoms with Gasteiger partial charge in [-0.2, -0.15) is 0 Å². The molecule has 0 unspecified atom stereocenters. The molecule has 0 spiro atoms. The van der Waals surface area contributed by atoms with Crippen molar-refractivity contribution in [2.45, 2.75) is 13.0 Å². The van der Waals surface area contributed by atoms with Gasteiger partial charge in [0.1, 0.15) is 6.04 Å². The van der Waals surface area contributed by atoms with E-state index < -0.39 is 23.8 Å². The van der Waals surface area contributed by atoms with Crippen molar-refractivity contribution < 1.29 is 19.1 Å². The lowest BCUT2D eigenvalue weighted by Gasteiger charge is -2.37. The van der Waals surface area contributed by atoms with Crippen LogP contribution < -0.4 is 5.32 Å². The van der Waals surface area contributed by atoms with Crippen LogP contribution in [0.15, 0.2) is 29.3 Å². The van der Waals surface area contributed by atoms with Crippen LogP contribution in [0.2, 0.25) is 5.02 Å². The molecule has 8 nitrogen and oxygen atoms in total. The second-order valence-corrected chi connectivity index (χ2v) is 6.73. The monoisotopic (exact) mass is 392 g/mol. The van der Waals surface area contributed by atoms with E-state index in [9.17, 15) is 14.4 Å². The normalized spacial score (nSPS) is 22.7. The number of halogens is 1. The van der Waals surface area contributed by atoms with E-state index in [1.807, 2.05) is 4.90 Å². The Morgan fingerprint density at radius 1 is 1.30 bits per heavy atom. The molecule has 2 amide bonds. The Balaban J connectivity index is 1.91. The van der Waals surface area contributed by atoms with Gasteiger partial charge in [0.2, 0.25) is 18.3 Å². The fourth-order valence-corrected chi connectivity index (χ4v) is 3.29. The highest BCUT2D eigenvalue weighted by Gasteiger charge is 2.42. The molecule has 144 valence electrons. The van der Waals surface area contributed by atoms with E-state index >= 15 is 0 Å². The molecule has 3 rings (SSSR count). The first-order chi connectivity index (χ1) is 13.0. The molecule has 2 aliphatic heterocycles. The quantitative estimate of drug-likeness (QED) is 0.465. The predicted octanol–water partition coefficient (Wildman–Crippen LogP) is 0.820. The summed E-state index contributed by atoms with van der Waals surface area (Å²) in [5.74, 6) is -1.71. The van der Waals surface area contributed by atoms with Gasteiger partial charge >= 0.3 is 5.97 Å². The number of amides is 2. The van der Waals surface area contributed by atoms with Crippen LogP contribution in [0.4, 0.5) is 0 Å². The van der Waals surface area contributed by atoms with Gasteiger partial charge in [-0.05, 0) is 24.6 Å². The Hall–Kier alpha value is -2.61. The molecule has 1 N–H and O–H groups in total. The number of hydrogen-bond donors (Lipinski definition) is 1. The Morgan fingerprint density at radius 2 is 1.96 bits per heavy atom. The van der Waals surface area contributed by atoms with Crippen molar-refractivity contribution in [2.75, 3.05) is 32.8 Å². The van der Waals surface area contributed by atoms with Crippen molar-refractivity contribution in [1.29, 1.82) is 0 Å². The lowest BCUT2D eigenvalue weighted by molar-refractivity contribution is -0.153. The van der Waals surface area contributed by atoms with E-state index in [0.29, 0.717) is 42.7 Å². The van der Waals surface area contributed by atoms with Gasteiger partial charge in [0.05, 0.1) is 6.61 Å². The number of esters is 1. The van der Waals surface area contributed by atoms with Gasteiger partial charge in [0.25, 0.3) is 0 Å². The molecule has 1 aromatic carbocycles. The third-order valence-electron chi connectivity index (χ3n) is 4.61. The number of nitrogens with one attached hydrogen (secondary N) is 1. The average Bonchev–Trinajstić information content (AvgIpc) is 2.68. The maximum Gasteiger partial charge on any atom is 0.321 e. The van der Waals surface area contributed by atoms with E-state index in [1.165, 1.54) is 0 Å². The first kappa shape index (κ1) is 19.2. The number of carbonyl (C=O) groups excluding carboxylic acids is 3. The highest BCUT2D eigenvalue weighted by molar-refractivity contribution is 6.30. The van der Waals surface area contributed by atoms with E-state index in [2.05, 4.69) is 10.3 Å². The topological polar surface area (TPSA) is 91.3 Å². The van der Waals surface area contributed by atoms with Crippen molar-refractivity contribution in [3.63, 3.8) is 0 Å². The SMILES string of the molecule is CCOC(=O)[C@@H]1C(=O)NC(N2CCN(C=O)CC2)=N[C@H]1c1ccc(Cl)cc1. The van der Waals surface area contributed by atoms with E-state index in [1.54, 1.807) is 36.1 Å². The van der Waals surface area contributed by atoms with Crippen molar-refractivity contribution >= 4 is 35.8 Å². The van der Waals surface area contributed by atoms with Gasteiger partial charge in [0.15, 0.2) is 5.92 Å². The van der Waals surface area contributed by atoms with Crippen molar-refractivity contribution in [3.05, 3.63) is 34.9 Å². The number of rotatable bonds is 4. The van der Waals surface area contributed by atoms with Crippen molar-refractivity contribution in [2.24, 2.45) is 10.9 Å². The highest BCUT2D eigenvalue weighted by Crippen LogP contribution is 2.31. The molecule has 1 fully saturated rings. The summed E-state index contributed by atoms with van der Waals surface area (Å²) >= 11 is 5.96. The maximum atomic E-state index is 12.7. The second kappa shape index (κ2) is 8.39. The van der Waals surface area contributed by atoms with E-state index in [-0.39, 0.29) is 6.61 Å². The summed E-state index contributed by atoms with van der Waals surface area (Å²) in [7, 11) is 0. The van der Waals surface area contributed by atoms with Crippen LogP contribution in [0, 0.1) is 5.92 Å². The molecular formula is C18H21ClN4O4. The first-order valence-corrected chi connectivity index (χ1v) is 9.16. The fraction of sp³-hybridized carbons (Fsp3) is 0.444. The molecular weight excluding hydrogens is 372 g/mol. The summed E-state index contributed by atoms with van der Waals surface area (Å²) < 4.78 is 5.08. The fourth-order valence-electron chi connectivity index (χ4n) is 3.16. The van der Waals surface area contributed by atoms with Crippen LogP contribution in [0.5, 0.6) is 0 Å². The summed E-state index contributed by atoms with van der Waals surface area (Å²) in [4.78, 5) is 44.2. The van der Waals surface area contributed by atoms with Gasteiger partial charge in [-0.3, -0.25) is 19.7 Å². The number of guanidine groups is 1. The van der Waals surface area contributed by atoms with Gasteiger partial charge in [-0.1, -0.05) is 23.7 Å². The van der Waals surface area contributed by atoms with Crippen molar-refractivity contribution in [1.82, 2.24) is 15.1 Å². The number of carbonyl (C=O) groups is 3. The maximum absolute atomic E-state index is 12.7. The lowest BCUT2D eigenvalue weighted by Crippen LogP contribution is -2.57. The van der Waals surface area contributed by atoms with E-state index in [4.69, 9.17) is 16.3 Å². The Labute approximate surface area is 162 Å². The number of piperazine rings is 1. The van der Waals surface area contributed by atoms with Gasteiger partial charge in [0, 0.05) is 31.2 Å². The number of aliphatic imine (C=N–C) groups is 1. The van der Waals surface area contributed by atoms with Crippen LogP contribution in [0.1, 0.15) is 18.5 Å². The molecule has 9 heteroatoms. The minimum absolute atomic E-state index is 0.181. The van der Waals surface area contributed by atoms with Crippen LogP contribution in [0.3, 0.4) is 0 Å². The van der Waals surface area contributed by atoms with Gasteiger partial charge in [-0.25, -0.2) is 4.99 Å². The van der Waals surface area contributed by atoms with Crippen LogP contribution >= 0.6 is 11.6 Å². The molecule has 1 aromatic rings. The third kappa shape index (κ3) is 4.21. The molecule has 2 heterocycles. The van der Waals surface area contributed by atoms with Gasteiger partial charge in [-0.15, -0.1) is 0 Å². The molecule has 0 saturated carbocycles. The molecule has 0 radical (unpaired) electrons. The zero-order valence-corrected chi connectivity index (χ0v) is 15.7. The number of ether oxygens (including phenoxy) is 1. The molecule has 0 aliphatic carbocycles. The predicted molar refractivity (Wildman–Crippen MR) is 99.1 cm³/mol. The third-order valence-corrected chi connectivity index (χ3v) is 4.86. The first-order valence-electron chi connectivity index (χ1n) is 8.78. The summed E-state index contributed by atoms with van der Waals surface area (Å²) in [5, 5.41) is 3.28. The minimum Gasteiger partial charge on any atom is -0.465 e. The highest BCUT2D eigenvalue weighted by atomic mass is 35.5. The molecule has 2 aliphatic rings.